The first-order valence-corrected chi connectivity index (χ1v) is 8.43. The van der Waals surface area contributed by atoms with Gasteiger partial charge in [-0.3, -0.25) is 4.79 Å². The summed E-state index contributed by atoms with van der Waals surface area (Å²) in [5.41, 5.74) is 1.71. The Morgan fingerprint density at radius 3 is 2.44 bits per heavy atom. The number of benzene rings is 2. The summed E-state index contributed by atoms with van der Waals surface area (Å²) in [6, 6.07) is 18.4. The van der Waals surface area contributed by atoms with Crippen molar-refractivity contribution in [2.75, 3.05) is 6.61 Å². The summed E-state index contributed by atoms with van der Waals surface area (Å²) in [6.45, 7) is 0.182. The van der Waals surface area contributed by atoms with Gasteiger partial charge in [-0.15, -0.1) is 0 Å². The Morgan fingerprint density at radius 1 is 1.12 bits per heavy atom. The van der Waals surface area contributed by atoms with E-state index in [1.165, 1.54) is 4.90 Å². The molecule has 1 saturated heterocycles. The number of carbonyl (C=O) groups excluding carboxylic acids is 2. The van der Waals surface area contributed by atoms with Gasteiger partial charge in [0.25, 0.3) is 0 Å². The summed E-state index contributed by atoms with van der Waals surface area (Å²) in [4.78, 5) is 25.7. The fourth-order valence-electron chi connectivity index (χ4n) is 3.03. The molecule has 1 N–H and O–H groups in total. The van der Waals surface area contributed by atoms with Crippen LogP contribution in [-0.4, -0.2) is 28.6 Å². The number of aliphatic hydroxyl groups excluding tert-OH is 1. The minimum absolute atomic E-state index is 0.182. The van der Waals surface area contributed by atoms with Gasteiger partial charge in [0.05, 0.1) is 6.10 Å². The van der Waals surface area contributed by atoms with Gasteiger partial charge in [0, 0.05) is 6.42 Å². The molecule has 0 bridgehead atoms. The van der Waals surface area contributed by atoms with Crippen molar-refractivity contribution >= 4 is 12.0 Å². The van der Waals surface area contributed by atoms with Gasteiger partial charge in [0.1, 0.15) is 12.6 Å². The van der Waals surface area contributed by atoms with Crippen LogP contribution in [0.4, 0.5) is 4.79 Å². The van der Waals surface area contributed by atoms with Crippen LogP contribution in [0.1, 0.15) is 42.5 Å². The van der Waals surface area contributed by atoms with E-state index in [4.69, 9.17) is 4.74 Å². The van der Waals surface area contributed by atoms with Crippen LogP contribution in [0.2, 0.25) is 0 Å². The lowest BCUT2D eigenvalue weighted by Crippen LogP contribution is -2.34. The number of amides is 2. The normalized spacial score (nSPS) is 18.0. The number of imide groups is 1. The Balaban J connectivity index is 1.57. The van der Waals surface area contributed by atoms with Crippen LogP contribution in [0.5, 0.6) is 0 Å². The van der Waals surface area contributed by atoms with Crippen LogP contribution in [-0.2, 0) is 9.53 Å². The molecule has 130 valence electrons. The SMILES string of the molecule is O=C(CCC[C@H](O)c1ccccc1)N1C(=O)OC[C@@H]1c1ccccc1. The maximum atomic E-state index is 12.5. The molecule has 5 heteroatoms. The second-order valence-corrected chi connectivity index (χ2v) is 6.09. The van der Waals surface area contributed by atoms with Crippen molar-refractivity contribution in [3.63, 3.8) is 0 Å². The van der Waals surface area contributed by atoms with Crippen molar-refractivity contribution < 1.29 is 19.4 Å². The van der Waals surface area contributed by atoms with Crippen molar-refractivity contribution in [1.29, 1.82) is 0 Å². The molecule has 1 aliphatic rings. The monoisotopic (exact) mass is 339 g/mol. The Hall–Kier alpha value is -2.66. The minimum atomic E-state index is -0.607. The zero-order valence-corrected chi connectivity index (χ0v) is 13.9. The molecule has 0 spiro atoms. The Kier molecular flexibility index (Phi) is 5.46. The third-order valence-corrected chi connectivity index (χ3v) is 4.38. The minimum Gasteiger partial charge on any atom is -0.446 e. The molecule has 1 fully saturated rings. The molecule has 0 aromatic heterocycles. The zero-order chi connectivity index (χ0) is 17.6. The number of carbonyl (C=O) groups is 2. The highest BCUT2D eigenvalue weighted by molar-refractivity contribution is 5.93. The molecule has 1 heterocycles. The average molecular weight is 339 g/mol. The van der Waals surface area contributed by atoms with Crippen molar-refractivity contribution in [2.45, 2.75) is 31.4 Å². The molecular weight excluding hydrogens is 318 g/mol. The van der Waals surface area contributed by atoms with E-state index in [-0.39, 0.29) is 25.0 Å². The molecule has 2 atom stereocenters. The maximum Gasteiger partial charge on any atom is 0.417 e. The van der Waals surface area contributed by atoms with Crippen molar-refractivity contribution in [1.82, 2.24) is 4.90 Å². The van der Waals surface area contributed by atoms with E-state index >= 15 is 0 Å². The molecule has 0 aliphatic carbocycles. The molecule has 2 amide bonds. The van der Waals surface area contributed by atoms with E-state index in [0.29, 0.717) is 12.8 Å². The van der Waals surface area contributed by atoms with Crippen molar-refractivity contribution in [3.8, 4) is 0 Å². The zero-order valence-electron chi connectivity index (χ0n) is 13.9. The Labute approximate surface area is 146 Å². The van der Waals surface area contributed by atoms with Crippen LogP contribution >= 0.6 is 0 Å². The molecule has 3 rings (SSSR count). The third-order valence-electron chi connectivity index (χ3n) is 4.38. The molecule has 0 radical (unpaired) electrons. The van der Waals surface area contributed by atoms with E-state index in [1.807, 2.05) is 60.7 Å². The van der Waals surface area contributed by atoms with Gasteiger partial charge in [-0.05, 0) is 24.0 Å². The van der Waals surface area contributed by atoms with E-state index in [0.717, 1.165) is 11.1 Å². The van der Waals surface area contributed by atoms with Gasteiger partial charge in [-0.2, -0.15) is 0 Å². The van der Waals surface area contributed by atoms with Crippen LogP contribution < -0.4 is 0 Å². The average Bonchev–Trinajstić information content (AvgIpc) is 3.04. The Bertz CT molecular complexity index is 717. The van der Waals surface area contributed by atoms with Gasteiger partial charge < -0.3 is 9.84 Å². The highest BCUT2D eigenvalue weighted by Gasteiger charge is 2.38. The van der Waals surface area contributed by atoms with Crippen molar-refractivity contribution in [2.24, 2.45) is 0 Å². The first-order chi connectivity index (χ1) is 12.2. The van der Waals surface area contributed by atoms with Crippen LogP contribution in [0.25, 0.3) is 0 Å². The summed E-state index contributed by atoms with van der Waals surface area (Å²) in [5.74, 6) is -0.267. The van der Waals surface area contributed by atoms with E-state index in [1.54, 1.807) is 0 Å². The number of aliphatic hydroxyl groups is 1. The predicted molar refractivity (Wildman–Crippen MR) is 92.6 cm³/mol. The van der Waals surface area contributed by atoms with Crippen LogP contribution in [0.3, 0.4) is 0 Å². The topological polar surface area (TPSA) is 66.8 Å². The van der Waals surface area contributed by atoms with Gasteiger partial charge >= 0.3 is 6.09 Å². The second-order valence-electron chi connectivity index (χ2n) is 6.09. The standard InChI is InChI=1S/C20H21NO4/c22-18(16-10-5-2-6-11-16)12-7-13-19(23)21-17(14-25-20(21)24)15-8-3-1-4-9-15/h1-6,8-11,17-18,22H,7,12-14H2/t17-,18+/m1/s1. The lowest BCUT2D eigenvalue weighted by molar-refractivity contribution is -0.129. The third kappa shape index (κ3) is 4.06. The van der Waals surface area contributed by atoms with Gasteiger partial charge in [-0.1, -0.05) is 60.7 Å². The molecule has 25 heavy (non-hydrogen) atoms. The first kappa shape index (κ1) is 17.2. The summed E-state index contributed by atoms with van der Waals surface area (Å²) in [6.07, 6.45) is -0.0381. The van der Waals surface area contributed by atoms with Gasteiger partial charge in [0.15, 0.2) is 0 Å². The summed E-state index contributed by atoms with van der Waals surface area (Å²) >= 11 is 0. The first-order valence-electron chi connectivity index (χ1n) is 8.43. The molecular formula is C20H21NO4. The number of cyclic esters (lactones) is 1. The lowest BCUT2D eigenvalue weighted by atomic mass is 10.0. The van der Waals surface area contributed by atoms with Crippen LogP contribution in [0.15, 0.2) is 60.7 Å². The van der Waals surface area contributed by atoms with E-state index < -0.39 is 12.2 Å². The van der Waals surface area contributed by atoms with E-state index in [9.17, 15) is 14.7 Å². The highest BCUT2D eigenvalue weighted by atomic mass is 16.6. The molecule has 5 nitrogen and oxygen atoms in total. The number of hydrogen-bond donors (Lipinski definition) is 1. The van der Waals surface area contributed by atoms with Gasteiger partial charge in [0.2, 0.25) is 5.91 Å². The van der Waals surface area contributed by atoms with E-state index in [2.05, 4.69) is 0 Å². The molecule has 2 aromatic rings. The number of ether oxygens (including phenoxy) is 1. The van der Waals surface area contributed by atoms with Crippen LogP contribution in [0, 0.1) is 0 Å². The predicted octanol–water partition coefficient (Wildman–Crippen LogP) is 3.61. The molecule has 2 aromatic carbocycles. The lowest BCUT2D eigenvalue weighted by Gasteiger charge is -2.20. The fourth-order valence-corrected chi connectivity index (χ4v) is 3.03. The highest BCUT2D eigenvalue weighted by Crippen LogP contribution is 2.29. The summed E-state index contributed by atoms with van der Waals surface area (Å²) in [7, 11) is 0. The quantitative estimate of drug-likeness (QED) is 0.873. The fraction of sp³-hybridized carbons (Fsp3) is 0.300. The Morgan fingerprint density at radius 2 is 1.76 bits per heavy atom. The second kappa shape index (κ2) is 7.94. The summed E-state index contributed by atoms with van der Waals surface area (Å²) < 4.78 is 5.07. The molecule has 0 saturated carbocycles. The smallest absolute Gasteiger partial charge is 0.417 e. The molecule has 1 aliphatic heterocycles. The number of nitrogens with zero attached hydrogens (tertiary/aromatic N) is 1. The van der Waals surface area contributed by atoms with Gasteiger partial charge in [-0.25, -0.2) is 9.69 Å². The molecule has 0 unspecified atom stereocenters. The number of hydrogen-bond acceptors (Lipinski definition) is 4. The largest absolute Gasteiger partial charge is 0.446 e. The number of rotatable bonds is 6. The maximum absolute atomic E-state index is 12.5. The van der Waals surface area contributed by atoms with Crippen molar-refractivity contribution in [3.05, 3.63) is 71.8 Å². The summed E-state index contributed by atoms with van der Waals surface area (Å²) in [5, 5.41) is 10.2.